The van der Waals surface area contributed by atoms with Gasteiger partial charge >= 0.3 is 0 Å². The normalized spacial score (nSPS) is 26.0. The van der Waals surface area contributed by atoms with Crippen molar-refractivity contribution in [3.8, 4) is 11.3 Å². The van der Waals surface area contributed by atoms with Crippen LogP contribution in [-0.4, -0.2) is 36.0 Å². The number of nitrogens with one attached hydrogen (secondary N) is 1. The van der Waals surface area contributed by atoms with Gasteiger partial charge in [-0.3, -0.25) is 9.48 Å². The molecule has 2 aromatic heterocycles. The summed E-state index contributed by atoms with van der Waals surface area (Å²) < 4.78 is 1.72. The van der Waals surface area contributed by atoms with E-state index >= 15 is 0 Å². The van der Waals surface area contributed by atoms with Crippen molar-refractivity contribution in [1.82, 2.24) is 19.7 Å². The molecule has 0 bridgehead atoms. The van der Waals surface area contributed by atoms with Crippen molar-refractivity contribution in [3.05, 3.63) is 34.6 Å². The van der Waals surface area contributed by atoms with Crippen LogP contribution in [0.5, 0.6) is 0 Å². The van der Waals surface area contributed by atoms with Crippen LogP contribution >= 0.6 is 23.5 Å². The third-order valence-electron chi connectivity index (χ3n) is 3.62. The topological polar surface area (TPSA) is 63.6 Å². The Morgan fingerprint density at radius 2 is 2.19 bits per heavy atom. The van der Waals surface area contributed by atoms with Gasteiger partial charge in [-0.05, 0) is 0 Å². The van der Waals surface area contributed by atoms with Crippen molar-refractivity contribution in [2.75, 3.05) is 5.75 Å². The number of hydrogen-bond acceptors (Lipinski definition) is 5. The monoisotopic (exact) mass is 322 g/mol. The number of nitrogens with zero attached hydrogens (tertiary/aromatic N) is 3. The average Bonchev–Trinajstić information content (AvgIpc) is 2.88. The molecule has 3 atom stereocenters. The van der Waals surface area contributed by atoms with Crippen LogP contribution in [-0.2, 0) is 7.05 Å². The van der Waals surface area contributed by atoms with E-state index in [9.17, 15) is 4.79 Å². The molecule has 5 nitrogen and oxygen atoms in total. The molecule has 3 rings (SSSR count). The molecule has 0 amide bonds. The summed E-state index contributed by atoms with van der Waals surface area (Å²) in [6.07, 6.45) is 3.61. The van der Waals surface area contributed by atoms with E-state index in [1.807, 2.05) is 36.8 Å². The Hall–Kier alpha value is -1.21. The quantitative estimate of drug-likeness (QED) is 0.920. The molecule has 0 aromatic carbocycles. The highest BCUT2D eigenvalue weighted by atomic mass is 32.2. The number of rotatable bonds is 2. The zero-order chi connectivity index (χ0) is 15.0. The number of aromatic amines is 1. The number of H-pyrrole nitrogens is 1. The molecule has 3 unspecified atom stereocenters. The second kappa shape index (κ2) is 5.88. The summed E-state index contributed by atoms with van der Waals surface area (Å²) in [6.45, 7) is 4.48. The third-order valence-corrected chi connectivity index (χ3v) is 7.02. The van der Waals surface area contributed by atoms with E-state index in [2.05, 4.69) is 28.9 Å². The van der Waals surface area contributed by atoms with E-state index < -0.39 is 0 Å². The van der Waals surface area contributed by atoms with Crippen LogP contribution in [0.25, 0.3) is 11.3 Å². The maximum absolute atomic E-state index is 11.9. The first kappa shape index (κ1) is 14.7. The fourth-order valence-electron chi connectivity index (χ4n) is 2.26. The minimum absolute atomic E-state index is 0.101. The molecule has 7 heteroatoms. The predicted molar refractivity (Wildman–Crippen MR) is 88.8 cm³/mol. The van der Waals surface area contributed by atoms with Gasteiger partial charge in [-0.25, -0.2) is 4.98 Å². The van der Waals surface area contributed by atoms with E-state index in [0.717, 1.165) is 17.1 Å². The van der Waals surface area contributed by atoms with Crippen molar-refractivity contribution in [2.24, 2.45) is 7.05 Å². The molecule has 1 aliphatic heterocycles. The minimum Gasteiger partial charge on any atom is -0.310 e. The first-order valence-electron chi connectivity index (χ1n) is 6.90. The van der Waals surface area contributed by atoms with Crippen molar-refractivity contribution >= 4 is 23.5 Å². The highest BCUT2D eigenvalue weighted by Gasteiger charge is 2.28. The Bertz CT molecular complexity index is 696. The van der Waals surface area contributed by atoms with E-state index in [0.29, 0.717) is 16.2 Å². The second-order valence-corrected chi connectivity index (χ2v) is 8.28. The van der Waals surface area contributed by atoms with Gasteiger partial charge in [0.15, 0.2) is 0 Å². The van der Waals surface area contributed by atoms with Gasteiger partial charge in [0.2, 0.25) is 0 Å². The fraction of sp³-hybridized carbons (Fsp3) is 0.500. The SMILES string of the molecule is CC1SCC(c2nc(-c3cnn(C)c3)cc(=O)[nH]2)SC1C. The van der Waals surface area contributed by atoms with E-state index in [1.54, 1.807) is 10.9 Å². The molecule has 0 saturated carbocycles. The smallest absolute Gasteiger partial charge is 0.251 e. The summed E-state index contributed by atoms with van der Waals surface area (Å²) >= 11 is 3.83. The van der Waals surface area contributed by atoms with Gasteiger partial charge in [0.25, 0.3) is 5.56 Å². The lowest BCUT2D eigenvalue weighted by Gasteiger charge is -2.30. The van der Waals surface area contributed by atoms with Crippen LogP contribution in [0.1, 0.15) is 24.9 Å². The average molecular weight is 322 g/mol. The molecule has 0 radical (unpaired) electrons. The van der Waals surface area contributed by atoms with Crippen LogP contribution in [0, 0.1) is 0 Å². The standard InChI is InChI=1S/C14H18N4OS2/c1-8-9(2)21-12(7-20-8)14-16-11(4-13(19)17-14)10-5-15-18(3)6-10/h4-6,8-9,12H,7H2,1-3H3,(H,16,17,19). The summed E-state index contributed by atoms with van der Waals surface area (Å²) in [5, 5.41) is 5.58. The summed E-state index contributed by atoms with van der Waals surface area (Å²) in [6, 6.07) is 1.53. The lowest BCUT2D eigenvalue weighted by Crippen LogP contribution is -2.24. The van der Waals surface area contributed by atoms with E-state index in [1.165, 1.54) is 6.07 Å². The molecule has 1 saturated heterocycles. The second-order valence-electron chi connectivity index (χ2n) is 5.29. The first-order chi connectivity index (χ1) is 10.0. The number of hydrogen-bond donors (Lipinski definition) is 1. The molecule has 0 spiro atoms. The predicted octanol–water partition coefficient (Wildman–Crippen LogP) is 2.47. The lowest BCUT2D eigenvalue weighted by molar-refractivity contribution is 0.768. The number of aryl methyl sites for hydroxylation is 1. The van der Waals surface area contributed by atoms with Crippen LogP contribution in [0.3, 0.4) is 0 Å². The summed E-state index contributed by atoms with van der Waals surface area (Å²) in [4.78, 5) is 19.5. The number of thioether (sulfide) groups is 2. The Balaban J connectivity index is 1.93. The van der Waals surface area contributed by atoms with Crippen molar-refractivity contribution < 1.29 is 0 Å². The van der Waals surface area contributed by atoms with Crippen LogP contribution in [0.4, 0.5) is 0 Å². The largest absolute Gasteiger partial charge is 0.310 e. The highest BCUT2D eigenvalue weighted by molar-refractivity contribution is 8.07. The van der Waals surface area contributed by atoms with Crippen molar-refractivity contribution in [3.63, 3.8) is 0 Å². The van der Waals surface area contributed by atoms with Crippen LogP contribution < -0.4 is 5.56 Å². The number of aromatic nitrogens is 4. The van der Waals surface area contributed by atoms with E-state index in [4.69, 9.17) is 0 Å². The first-order valence-corrected chi connectivity index (χ1v) is 8.89. The zero-order valence-corrected chi connectivity index (χ0v) is 13.9. The molecule has 1 fully saturated rings. The maximum Gasteiger partial charge on any atom is 0.251 e. The molecule has 0 aliphatic carbocycles. The molecule has 3 heterocycles. The van der Waals surface area contributed by atoms with Gasteiger partial charge in [0.1, 0.15) is 5.82 Å². The minimum atomic E-state index is -0.101. The zero-order valence-electron chi connectivity index (χ0n) is 12.2. The Morgan fingerprint density at radius 3 is 2.86 bits per heavy atom. The molecular formula is C14H18N4OS2. The van der Waals surface area contributed by atoms with Gasteiger partial charge in [-0.15, -0.1) is 11.8 Å². The summed E-state index contributed by atoms with van der Waals surface area (Å²) in [7, 11) is 1.86. The highest BCUT2D eigenvalue weighted by Crippen LogP contribution is 2.43. The molecule has 21 heavy (non-hydrogen) atoms. The van der Waals surface area contributed by atoms with Gasteiger partial charge in [0, 0.05) is 41.1 Å². The summed E-state index contributed by atoms with van der Waals surface area (Å²) in [5.74, 6) is 1.76. The van der Waals surface area contributed by atoms with Crippen LogP contribution in [0.15, 0.2) is 23.3 Å². The lowest BCUT2D eigenvalue weighted by atomic mass is 10.2. The van der Waals surface area contributed by atoms with E-state index in [-0.39, 0.29) is 10.8 Å². The fourth-order valence-corrected chi connectivity index (χ4v) is 5.12. The van der Waals surface area contributed by atoms with Crippen LogP contribution in [0.2, 0.25) is 0 Å². The molecule has 112 valence electrons. The van der Waals surface area contributed by atoms with Gasteiger partial charge in [-0.1, -0.05) is 13.8 Å². The van der Waals surface area contributed by atoms with Gasteiger partial charge in [0.05, 0.1) is 17.1 Å². The molecular weight excluding hydrogens is 304 g/mol. The molecule has 2 aromatic rings. The van der Waals surface area contributed by atoms with Crippen molar-refractivity contribution in [1.29, 1.82) is 0 Å². The van der Waals surface area contributed by atoms with Gasteiger partial charge < -0.3 is 4.98 Å². The summed E-state index contributed by atoms with van der Waals surface area (Å²) in [5.41, 5.74) is 1.47. The maximum atomic E-state index is 11.9. The molecule has 1 N–H and O–H groups in total. The van der Waals surface area contributed by atoms with Gasteiger partial charge in [-0.2, -0.15) is 16.9 Å². The third kappa shape index (κ3) is 3.18. The molecule has 1 aliphatic rings. The van der Waals surface area contributed by atoms with Crippen molar-refractivity contribution in [2.45, 2.75) is 29.6 Å². The Labute approximate surface area is 131 Å². The Morgan fingerprint density at radius 1 is 1.38 bits per heavy atom. The Kier molecular flexibility index (Phi) is 4.12.